The van der Waals surface area contributed by atoms with Crippen molar-refractivity contribution in [1.29, 1.82) is 0 Å². The van der Waals surface area contributed by atoms with Crippen molar-refractivity contribution < 1.29 is 29.0 Å². The predicted molar refractivity (Wildman–Crippen MR) is 144 cm³/mol. The van der Waals surface area contributed by atoms with E-state index in [-0.39, 0.29) is 45.1 Å². The van der Waals surface area contributed by atoms with Gasteiger partial charge < -0.3 is 20.5 Å². The molecular weight excluding hydrogens is 533 g/mol. The fourth-order valence-corrected chi connectivity index (χ4v) is 3.94. The van der Waals surface area contributed by atoms with Crippen LogP contribution in [0.15, 0.2) is 77.5 Å². The predicted octanol–water partition coefficient (Wildman–Crippen LogP) is 5.30. The Morgan fingerprint density at radius 1 is 0.921 bits per heavy atom. The number of aromatic hydroxyl groups is 1. The van der Waals surface area contributed by atoms with Gasteiger partial charge in [0.15, 0.2) is 0 Å². The Kier molecular flexibility index (Phi) is 7.70. The molecule has 1 aliphatic rings. The number of carbonyl (C=O) groups excluding carboxylic acids is 4. The van der Waals surface area contributed by atoms with E-state index in [1.54, 1.807) is 13.8 Å². The van der Waals surface area contributed by atoms with Gasteiger partial charge in [-0.25, -0.2) is 9.69 Å². The highest BCUT2D eigenvalue weighted by Crippen LogP contribution is 2.31. The summed E-state index contributed by atoms with van der Waals surface area (Å²) < 4.78 is 5.18. The molecule has 11 heteroatoms. The standard InChI is InChI=1S/C27H21Cl2N3O6/c1-14(2)38-27(37)16-4-3-5-19(12-16)32-25(35)22(29)23(26(32)36)30-18-9-6-15(7-10-18)24(34)31-20-13-17(28)8-11-21(20)33/h3-14,30,33H,1-2H3,(H,31,34). The molecular formula is C27H21Cl2N3O6. The van der Waals surface area contributed by atoms with Crippen molar-refractivity contribution in [1.82, 2.24) is 0 Å². The van der Waals surface area contributed by atoms with Gasteiger partial charge >= 0.3 is 5.97 Å². The van der Waals surface area contributed by atoms with Crippen LogP contribution in [0.2, 0.25) is 5.02 Å². The largest absolute Gasteiger partial charge is 0.506 e. The number of amides is 3. The van der Waals surface area contributed by atoms with Crippen molar-refractivity contribution >= 4 is 64.0 Å². The molecule has 1 heterocycles. The van der Waals surface area contributed by atoms with E-state index >= 15 is 0 Å². The Morgan fingerprint density at radius 2 is 1.63 bits per heavy atom. The number of rotatable bonds is 7. The van der Waals surface area contributed by atoms with Crippen molar-refractivity contribution in [3.8, 4) is 5.75 Å². The number of phenolic OH excluding ortho intramolecular Hbond substituents is 1. The van der Waals surface area contributed by atoms with Crippen molar-refractivity contribution in [3.05, 3.63) is 93.6 Å². The number of nitrogens with zero attached hydrogens (tertiary/aromatic N) is 1. The number of esters is 1. The molecule has 0 aromatic heterocycles. The summed E-state index contributed by atoms with van der Waals surface area (Å²) in [5.41, 5.74) is 0.970. The highest BCUT2D eigenvalue weighted by molar-refractivity contribution is 6.53. The molecule has 0 aliphatic carbocycles. The van der Waals surface area contributed by atoms with Crippen molar-refractivity contribution in [2.45, 2.75) is 20.0 Å². The Morgan fingerprint density at radius 3 is 2.32 bits per heavy atom. The van der Waals surface area contributed by atoms with Crippen LogP contribution in [0.5, 0.6) is 5.75 Å². The molecule has 3 N–H and O–H groups in total. The first-order valence-corrected chi connectivity index (χ1v) is 12.1. The molecule has 0 unspecified atom stereocenters. The van der Waals surface area contributed by atoms with Crippen LogP contribution in [0.1, 0.15) is 34.6 Å². The zero-order chi connectivity index (χ0) is 27.6. The lowest BCUT2D eigenvalue weighted by Gasteiger charge is -2.16. The van der Waals surface area contributed by atoms with Gasteiger partial charge in [0.1, 0.15) is 16.5 Å². The molecule has 194 valence electrons. The maximum absolute atomic E-state index is 13.1. The van der Waals surface area contributed by atoms with Crippen LogP contribution in [0.4, 0.5) is 17.1 Å². The Bertz CT molecular complexity index is 1480. The lowest BCUT2D eigenvalue weighted by molar-refractivity contribution is -0.120. The molecule has 0 radical (unpaired) electrons. The van der Waals surface area contributed by atoms with Crippen LogP contribution in [-0.4, -0.2) is 34.9 Å². The molecule has 9 nitrogen and oxygen atoms in total. The molecule has 38 heavy (non-hydrogen) atoms. The third kappa shape index (κ3) is 5.64. The van der Waals surface area contributed by atoms with Crippen LogP contribution in [0.25, 0.3) is 0 Å². The minimum atomic E-state index is -0.758. The highest BCUT2D eigenvalue weighted by atomic mass is 35.5. The first kappa shape index (κ1) is 26.7. The van der Waals surface area contributed by atoms with Gasteiger partial charge in [-0.05, 0) is 74.5 Å². The quantitative estimate of drug-likeness (QED) is 0.206. The summed E-state index contributed by atoms with van der Waals surface area (Å²) in [5.74, 6) is -2.70. The molecule has 0 spiro atoms. The summed E-state index contributed by atoms with van der Waals surface area (Å²) in [5, 5.41) is 15.3. The van der Waals surface area contributed by atoms with Gasteiger partial charge in [-0.3, -0.25) is 14.4 Å². The first-order chi connectivity index (χ1) is 18.0. The highest BCUT2D eigenvalue weighted by Gasteiger charge is 2.39. The molecule has 0 saturated heterocycles. The monoisotopic (exact) mass is 553 g/mol. The maximum Gasteiger partial charge on any atom is 0.338 e. The lowest BCUT2D eigenvalue weighted by Crippen LogP contribution is -2.32. The van der Waals surface area contributed by atoms with Crippen molar-refractivity contribution in [2.75, 3.05) is 15.5 Å². The van der Waals surface area contributed by atoms with E-state index in [9.17, 15) is 24.3 Å². The summed E-state index contributed by atoms with van der Waals surface area (Å²) in [7, 11) is 0. The van der Waals surface area contributed by atoms with Crippen molar-refractivity contribution in [2.24, 2.45) is 0 Å². The first-order valence-electron chi connectivity index (χ1n) is 11.3. The average Bonchev–Trinajstić information content (AvgIpc) is 3.09. The number of halogens is 2. The smallest absolute Gasteiger partial charge is 0.338 e. The van der Waals surface area contributed by atoms with E-state index in [1.807, 2.05) is 0 Å². The minimum Gasteiger partial charge on any atom is -0.506 e. The fourth-order valence-electron chi connectivity index (χ4n) is 3.55. The van der Waals surface area contributed by atoms with E-state index in [0.29, 0.717) is 10.7 Å². The van der Waals surface area contributed by atoms with E-state index < -0.39 is 23.7 Å². The van der Waals surface area contributed by atoms with Gasteiger partial charge in [0.2, 0.25) is 0 Å². The number of hydrogen-bond donors (Lipinski definition) is 3. The van der Waals surface area contributed by atoms with Gasteiger partial charge in [0.25, 0.3) is 17.7 Å². The molecule has 4 rings (SSSR count). The molecule has 0 atom stereocenters. The number of hydrogen-bond acceptors (Lipinski definition) is 7. The third-order valence-electron chi connectivity index (χ3n) is 5.33. The summed E-state index contributed by atoms with van der Waals surface area (Å²) in [6.07, 6.45) is -0.338. The summed E-state index contributed by atoms with van der Waals surface area (Å²) in [6.45, 7) is 3.42. The number of carbonyl (C=O) groups is 4. The van der Waals surface area contributed by atoms with Crippen LogP contribution in [0.3, 0.4) is 0 Å². The SMILES string of the molecule is CC(C)OC(=O)c1cccc(N2C(=O)C(Cl)=C(Nc3ccc(C(=O)Nc4cc(Cl)ccc4O)cc3)C2=O)c1. The molecule has 3 aromatic carbocycles. The zero-order valence-corrected chi connectivity index (χ0v) is 21.6. The van der Waals surface area contributed by atoms with Crippen LogP contribution in [-0.2, 0) is 14.3 Å². The van der Waals surface area contributed by atoms with E-state index in [2.05, 4.69) is 10.6 Å². The summed E-state index contributed by atoms with van der Waals surface area (Å²) in [6, 6.07) is 16.2. The molecule has 0 saturated carbocycles. The lowest BCUT2D eigenvalue weighted by atomic mass is 10.1. The van der Waals surface area contributed by atoms with Gasteiger partial charge in [0, 0.05) is 16.3 Å². The molecule has 3 aromatic rings. The van der Waals surface area contributed by atoms with Gasteiger partial charge in [-0.15, -0.1) is 0 Å². The molecule has 0 fully saturated rings. The number of ether oxygens (including phenoxy) is 1. The number of nitrogens with one attached hydrogen (secondary N) is 2. The zero-order valence-electron chi connectivity index (χ0n) is 20.1. The van der Waals surface area contributed by atoms with E-state index in [1.165, 1.54) is 66.7 Å². The number of phenols is 1. The maximum atomic E-state index is 13.1. The van der Waals surface area contributed by atoms with Gasteiger partial charge in [0.05, 0.1) is 23.0 Å². The summed E-state index contributed by atoms with van der Waals surface area (Å²) in [4.78, 5) is 51.6. The van der Waals surface area contributed by atoms with Crippen LogP contribution < -0.4 is 15.5 Å². The van der Waals surface area contributed by atoms with Crippen LogP contribution in [0, 0.1) is 0 Å². The number of benzene rings is 3. The van der Waals surface area contributed by atoms with Gasteiger partial charge in [-0.1, -0.05) is 29.3 Å². The van der Waals surface area contributed by atoms with Crippen molar-refractivity contribution in [3.63, 3.8) is 0 Å². The van der Waals surface area contributed by atoms with Crippen LogP contribution >= 0.6 is 23.2 Å². The fraction of sp³-hybridized carbons (Fsp3) is 0.111. The average molecular weight is 554 g/mol. The normalized spacial score (nSPS) is 13.2. The Hall–Kier alpha value is -4.34. The Labute approximate surface area is 227 Å². The topological polar surface area (TPSA) is 125 Å². The van der Waals surface area contributed by atoms with E-state index in [4.69, 9.17) is 27.9 Å². The number of imide groups is 1. The molecule has 1 aliphatic heterocycles. The van der Waals surface area contributed by atoms with E-state index in [0.717, 1.165) is 4.90 Å². The Balaban J connectivity index is 1.48. The molecule has 3 amide bonds. The number of anilines is 3. The second-order valence-corrected chi connectivity index (χ2v) is 9.27. The second-order valence-electron chi connectivity index (χ2n) is 8.46. The second kappa shape index (κ2) is 11.0. The third-order valence-corrected chi connectivity index (χ3v) is 5.92. The molecule has 0 bridgehead atoms. The minimum absolute atomic E-state index is 0.140. The van der Waals surface area contributed by atoms with Gasteiger partial charge in [-0.2, -0.15) is 0 Å². The summed E-state index contributed by atoms with van der Waals surface area (Å²) >= 11 is 12.1.